The molecule has 3 atom stereocenters. The Balaban J connectivity index is 1.43. The first-order valence-corrected chi connectivity index (χ1v) is 15.9. The van der Waals surface area contributed by atoms with Crippen molar-refractivity contribution in [2.45, 2.75) is 62.7 Å². The van der Waals surface area contributed by atoms with Crippen LogP contribution in [0.5, 0.6) is 0 Å². The lowest BCUT2D eigenvalue weighted by atomic mass is 9.61. The largest absolute Gasteiger partial charge is 0.427 e. The Hall–Kier alpha value is -3.55. The highest BCUT2D eigenvalue weighted by Gasteiger charge is 2.52. The molecule has 2 heterocycles. The van der Waals surface area contributed by atoms with Crippen LogP contribution in [-0.2, 0) is 23.6 Å². The maximum Gasteiger partial charge on any atom is 0.427 e. The summed E-state index contributed by atoms with van der Waals surface area (Å²) in [6.07, 6.45) is 0.791. The summed E-state index contributed by atoms with van der Waals surface area (Å²) in [5.41, 5.74) is 1.50. The van der Waals surface area contributed by atoms with Crippen LogP contribution in [0.4, 0.5) is 22.0 Å². The zero-order valence-corrected chi connectivity index (χ0v) is 25.3. The minimum atomic E-state index is -4.64. The van der Waals surface area contributed by atoms with E-state index >= 15 is 0 Å². The normalized spacial score (nSPS) is 20.8. The second kappa shape index (κ2) is 11.4. The van der Waals surface area contributed by atoms with Gasteiger partial charge in [0.25, 0.3) is 0 Å². The van der Waals surface area contributed by atoms with Gasteiger partial charge in [0.15, 0.2) is 5.01 Å². The molecule has 0 bridgehead atoms. The molecule has 1 saturated carbocycles. The van der Waals surface area contributed by atoms with Crippen LogP contribution in [0.1, 0.15) is 59.0 Å². The van der Waals surface area contributed by atoms with E-state index in [1.807, 2.05) is 19.9 Å². The van der Waals surface area contributed by atoms with Crippen molar-refractivity contribution in [3.63, 3.8) is 0 Å². The van der Waals surface area contributed by atoms with Crippen LogP contribution in [0.25, 0.3) is 11.8 Å². The number of alkyl halides is 3. The highest BCUT2D eigenvalue weighted by molar-refractivity contribution is 7.82. The Labute approximate surface area is 256 Å². The minimum Gasteiger partial charge on any atom is -0.290 e. The smallest absolute Gasteiger partial charge is 0.290 e. The molecule has 2 aromatic carbocycles. The summed E-state index contributed by atoms with van der Waals surface area (Å²) >= 11 is 0.319. The molecule has 44 heavy (non-hydrogen) atoms. The van der Waals surface area contributed by atoms with E-state index in [0.29, 0.717) is 52.2 Å². The standard InChI is InChI=1S/C31H27F5N4O2S2/c1-18(2)40(44(42)25-11-6-22(33)7-12-25)24-8-3-20-13-26-19(16-38-39(26)23-9-4-21(32)5-10-23)14-30(20,15-24)28(41)29-37-17-27(43-29)31(34,35)36/h4-7,9-13,16-18,24H,3,8,14-15H2,1-2H3. The van der Waals surface area contributed by atoms with Gasteiger partial charge in [0.05, 0.1) is 34.1 Å². The van der Waals surface area contributed by atoms with Gasteiger partial charge < -0.3 is 0 Å². The zero-order chi connectivity index (χ0) is 31.4. The van der Waals surface area contributed by atoms with Crippen LogP contribution in [0.3, 0.4) is 0 Å². The number of Topliss-reactive ketones (excluding diaryl/α,β-unsaturated/α-hetero) is 1. The van der Waals surface area contributed by atoms with Gasteiger partial charge in [-0.2, -0.15) is 18.3 Å². The fourth-order valence-electron chi connectivity index (χ4n) is 6.22. The second-order valence-electron chi connectivity index (χ2n) is 11.3. The maximum absolute atomic E-state index is 14.4. The van der Waals surface area contributed by atoms with Gasteiger partial charge in [-0.15, -0.1) is 11.3 Å². The average molecular weight is 647 g/mol. The third-order valence-electron chi connectivity index (χ3n) is 8.20. The van der Waals surface area contributed by atoms with Gasteiger partial charge in [0.2, 0.25) is 5.78 Å². The van der Waals surface area contributed by atoms with Crippen LogP contribution in [0, 0.1) is 17.0 Å². The summed E-state index contributed by atoms with van der Waals surface area (Å²) in [4.78, 5) is 17.7. The lowest BCUT2D eigenvalue weighted by Gasteiger charge is -2.47. The summed E-state index contributed by atoms with van der Waals surface area (Å²) in [7, 11) is -1.69. The van der Waals surface area contributed by atoms with Gasteiger partial charge in [0.1, 0.15) is 27.5 Å². The number of ketones is 1. The van der Waals surface area contributed by atoms with Crippen molar-refractivity contribution in [2.75, 3.05) is 0 Å². The summed E-state index contributed by atoms with van der Waals surface area (Å²) in [5.74, 6) is -1.38. The highest BCUT2D eigenvalue weighted by Crippen LogP contribution is 2.52. The van der Waals surface area contributed by atoms with Crippen molar-refractivity contribution in [1.29, 1.82) is 0 Å². The molecule has 2 aromatic heterocycles. The lowest BCUT2D eigenvalue weighted by Crippen LogP contribution is -2.51. The van der Waals surface area contributed by atoms with Crippen molar-refractivity contribution < 1.29 is 31.0 Å². The van der Waals surface area contributed by atoms with E-state index in [2.05, 4.69) is 10.1 Å². The fraction of sp³-hybridized carbons (Fsp3) is 0.323. The number of hydrogen-bond acceptors (Lipinski definition) is 5. The van der Waals surface area contributed by atoms with Crippen molar-refractivity contribution >= 4 is 34.2 Å². The number of thiazole rings is 1. The second-order valence-corrected chi connectivity index (χ2v) is 13.7. The molecule has 0 N–H and O–H groups in total. The van der Waals surface area contributed by atoms with Crippen LogP contribution in [0.15, 0.2) is 71.4 Å². The summed E-state index contributed by atoms with van der Waals surface area (Å²) < 4.78 is 85.0. The van der Waals surface area contributed by atoms with Crippen LogP contribution in [0.2, 0.25) is 0 Å². The molecular formula is C31H27F5N4O2S2. The van der Waals surface area contributed by atoms with E-state index in [4.69, 9.17) is 0 Å². The maximum atomic E-state index is 14.4. The molecule has 0 spiro atoms. The van der Waals surface area contributed by atoms with Crippen LogP contribution in [-0.4, -0.2) is 41.1 Å². The number of allylic oxidation sites excluding steroid dienone is 1. The van der Waals surface area contributed by atoms with Gasteiger partial charge in [0, 0.05) is 12.1 Å². The number of carbonyl (C=O) groups is 1. The minimum absolute atomic E-state index is 0.154. The Morgan fingerprint density at radius 3 is 2.34 bits per heavy atom. The molecule has 230 valence electrons. The monoisotopic (exact) mass is 646 g/mol. The van der Waals surface area contributed by atoms with Crippen molar-refractivity contribution in [3.05, 3.63) is 99.3 Å². The molecule has 4 aromatic rings. The number of aromatic nitrogens is 3. The molecule has 2 aliphatic rings. The number of nitrogens with zero attached hydrogens (tertiary/aromatic N) is 4. The molecule has 3 unspecified atom stereocenters. The van der Waals surface area contributed by atoms with Crippen molar-refractivity contribution in [1.82, 2.24) is 19.1 Å². The molecule has 13 heteroatoms. The Morgan fingerprint density at radius 2 is 1.73 bits per heavy atom. The topological polar surface area (TPSA) is 68.1 Å². The molecule has 0 radical (unpaired) electrons. The number of carbonyl (C=O) groups excluding carboxylic acids is 1. The van der Waals surface area contributed by atoms with E-state index < -0.39 is 50.9 Å². The van der Waals surface area contributed by atoms with Gasteiger partial charge in [-0.05, 0) is 99.7 Å². The highest BCUT2D eigenvalue weighted by atomic mass is 32.2. The SMILES string of the molecule is CC(C)N(C1CCC2=Cc3c(cnn3-c3ccc(F)cc3)CC2(C(=O)c2ncc(C(F)(F)F)s2)C1)S(=O)c1ccc(F)cc1. The molecule has 0 saturated heterocycles. The van der Waals surface area contributed by atoms with Gasteiger partial charge in [-0.25, -0.2) is 27.0 Å². The molecule has 6 rings (SSSR count). The van der Waals surface area contributed by atoms with E-state index in [0.717, 1.165) is 5.57 Å². The summed E-state index contributed by atoms with van der Waals surface area (Å²) in [6, 6.07) is 10.6. The molecule has 6 nitrogen and oxygen atoms in total. The molecule has 0 amide bonds. The number of fused-ring (bicyclic) bond motifs is 2. The quantitative estimate of drug-likeness (QED) is 0.155. The third-order valence-corrected chi connectivity index (χ3v) is 11.0. The first-order valence-electron chi connectivity index (χ1n) is 13.9. The molecule has 0 aliphatic heterocycles. The Kier molecular flexibility index (Phi) is 7.91. The summed E-state index contributed by atoms with van der Waals surface area (Å²) in [5, 5.41) is 4.26. The van der Waals surface area contributed by atoms with E-state index in [9.17, 15) is 31.0 Å². The average Bonchev–Trinajstić information content (AvgIpc) is 3.64. The van der Waals surface area contributed by atoms with Gasteiger partial charge in [-0.1, -0.05) is 5.57 Å². The van der Waals surface area contributed by atoms with Crippen LogP contribution >= 0.6 is 11.3 Å². The van der Waals surface area contributed by atoms with Gasteiger partial charge in [-0.3, -0.25) is 4.79 Å². The third kappa shape index (κ3) is 5.45. The van der Waals surface area contributed by atoms with E-state index in [1.165, 1.54) is 36.4 Å². The number of rotatable bonds is 7. The van der Waals surface area contributed by atoms with Gasteiger partial charge >= 0.3 is 6.18 Å². The number of halogens is 5. The lowest BCUT2D eigenvalue weighted by molar-refractivity contribution is -0.134. The molecular weight excluding hydrogens is 619 g/mol. The first kappa shape index (κ1) is 30.5. The zero-order valence-electron chi connectivity index (χ0n) is 23.6. The number of hydrogen-bond donors (Lipinski definition) is 0. The van der Waals surface area contributed by atoms with E-state index in [-0.39, 0.29) is 23.9 Å². The molecule has 1 fully saturated rings. The molecule has 2 aliphatic carbocycles. The van der Waals surface area contributed by atoms with Crippen molar-refractivity contribution in [3.8, 4) is 5.69 Å². The van der Waals surface area contributed by atoms with Crippen LogP contribution < -0.4 is 0 Å². The fourth-order valence-corrected chi connectivity index (χ4v) is 8.49. The van der Waals surface area contributed by atoms with Crippen molar-refractivity contribution in [2.24, 2.45) is 5.41 Å². The summed E-state index contributed by atoms with van der Waals surface area (Å²) in [6.45, 7) is 3.76. The predicted octanol–water partition coefficient (Wildman–Crippen LogP) is 7.42. The Morgan fingerprint density at radius 1 is 1.07 bits per heavy atom. The predicted molar refractivity (Wildman–Crippen MR) is 157 cm³/mol. The first-order chi connectivity index (χ1) is 20.9. The van der Waals surface area contributed by atoms with E-state index in [1.54, 1.807) is 27.3 Å². The Bertz CT molecular complexity index is 1760. The number of benzene rings is 2.